The van der Waals surface area contributed by atoms with Crippen LogP contribution in [0.2, 0.25) is 0 Å². The van der Waals surface area contributed by atoms with Crippen molar-refractivity contribution in [2.45, 2.75) is 40.0 Å². The highest BCUT2D eigenvalue weighted by atomic mass is 16.1. The third kappa shape index (κ3) is 3.07. The summed E-state index contributed by atoms with van der Waals surface area (Å²) >= 11 is 0. The molecule has 0 unspecified atom stereocenters. The molecule has 0 aromatic heterocycles. The number of carbonyl (C=O) groups excluding carboxylic acids is 1. The van der Waals surface area contributed by atoms with Crippen molar-refractivity contribution < 1.29 is 4.79 Å². The van der Waals surface area contributed by atoms with Crippen LogP contribution in [0.1, 0.15) is 40.0 Å². The summed E-state index contributed by atoms with van der Waals surface area (Å²) in [5.74, 6) is -0.352. The fourth-order valence-corrected chi connectivity index (χ4v) is 1.36. The number of hydrogen-bond acceptors (Lipinski definition) is 1. The predicted molar refractivity (Wildman–Crippen MR) is 51.6 cm³/mol. The standard InChI is InChI=1S/C10H19NO/c1-4-10(5-2,6-3)8-7-9(11)12/h7-8H,4-6H2,1-3H3,(H2,11,12). The third-order valence-corrected chi connectivity index (χ3v) is 2.71. The first-order chi connectivity index (χ1) is 5.60. The van der Waals surface area contributed by atoms with E-state index in [4.69, 9.17) is 5.73 Å². The van der Waals surface area contributed by atoms with Gasteiger partial charge in [-0.2, -0.15) is 0 Å². The SMILES string of the molecule is CCC(C=CC(N)=O)(CC)CC. The van der Waals surface area contributed by atoms with Crippen molar-refractivity contribution in [2.75, 3.05) is 0 Å². The van der Waals surface area contributed by atoms with Gasteiger partial charge in [0.15, 0.2) is 0 Å². The van der Waals surface area contributed by atoms with Gasteiger partial charge >= 0.3 is 0 Å². The molecule has 0 aromatic carbocycles. The number of carbonyl (C=O) groups is 1. The van der Waals surface area contributed by atoms with Crippen molar-refractivity contribution in [3.63, 3.8) is 0 Å². The van der Waals surface area contributed by atoms with E-state index < -0.39 is 0 Å². The van der Waals surface area contributed by atoms with E-state index >= 15 is 0 Å². The Morgan fingerprint density at radius 3 is 1.92 bits per heavy atom. The molecule has 0 radical (unpaired) electrons. The highest BCUT2D eigenvalue weighted by Gasteiger charge is 2.19. The van der Waals surface area contributed by atoms with E-state index in [1.165, 1.54) is 6.08 Å². The van der Waals surface area contributed by atoms with E-state index in [1.807, 2.05) is 6.08 Å². The number of allylic oxidation sites excluding steroid dienone is 1. The first kappa shape index (κ1) is 11.2. The van der Waals surface area contributed by atoms with E-state index in [0.717, 1.165) is 19.3 Å². The normalized spacial score (nSPS) is 12.2. The van der Waals surface area contributed by atoms with Crippen LogP contribution in [0.25, 0.3) is 0 Å². The van der Waals surface area contributed by atoms with Gasteiger partial charge in [0.2, 0.25) is 5.91 Å². The maximum atomic E-state index is 10.5. The molecule has 1 amide bonds. The Morgan fingerprint density at radius 2 is 1.67 bits per heavy atom. The summed E-state index contributed by atoms with van der Waals surface area (Å²) in [5.41, 5.74) is 5.21. The molecule has 0 saturated carbocycles. The molecule has 0 heterocycles. The first-order valence-corrected chi connectivity index (χ1v) is 4.59. The fraction of sp³-hybridized carbons (Fsp3) is 0.700. The largest absolute Gasteiger partial charge is 0.366 e. The number of hydrogen-bond donors (Lipinski definition) is 1. The molecule has 0 spiro atoms. The minimum Gasteiger partial charge on any atom is -0.366 e. The highest BCUT2D eigenvalue weighted by molar-refractivity contribution is 5.85. The lowest BCUT2D eigenvalue weighted by molar-refractivity contribution is -0.113. The quantitative estimate of drug-likeness (QED) is 0.630. The molecule has 2 nitrogen and oxygen atoms in total. The van der Waals surface area contributed by atoms with Crippen LogP contribution >= 0.6 is 0 Å². The van der Waals surface area contributed by atoms with Gasteiger partial charge in [-0.25, -0.2) is 0 Å². The Hall–Kier alpha value is -0.790. The van der Waals surface area contributed by atoms with E-state index in [0.29, 0.717) is 0 Å². The summed E-state index contributed by atoms with van der Waals surface area (Å²) in [5, 5.41) is 0. The molecule has 0 aromatic rings. The molecule has 0 saturated heterocycles. The van der Waals surface area contributed by atoms with Gasteiger partial charge in [-0.3, -0.25) is 4.79 Å². The van der Waals surface area contributed by atoms with Crippen molar-refractivity contribution in [1.82, 2.24) is 0 Å². The van der Waals surface area contributed by atoms with Gasteiger partial charge in [-0.1, -0.05) is 26.8 Å². The minimum absolute atomic E-state index is 0.176. The van der Waals surface area contributed by atoms with E-state index in [2.05, 4.69) is 20.8 Å². The molecule has 12 heavy (non-hydrogen) atoms. The van der Waals surface area contributed by atoms with Crippen molar-refractivity contribution in [2.24, 2.45) is 11.1 Å². The topological polar surface area (TPSA) is 43.1 Å². The van der Waals surface area contributed by atoms with Gasteiger partial charge in [0.25, 0.3) is 0 Å². The summed E-state index contributed by atoms with van der Waals surface area (Å²) < 4.78 is 0. The van der Waals surface area contributed by atoms with Gasteiger partial charge in [0.05, 0.1) is 0 Å². The Morgan fingerprint density at radius 1 is 1.25 bits per heavy atom. The zero-order chi connectivity index (χ0) is 9.61. The zero-order valence-electron chi connectivity index (χ0n) is 8.26. The van der Waals surface area contributed by atoms with Crippen LogP contribution in [-0.2, 0) is 4.79 Å². The second kappa shape index (κ2) is 4.96. The number of rotatable bonds is 5. The van der Waals surface area contributed by atoms with Crippen LogP contribution in [0.15, 0.2) is 12.2 Å². The van der Waals surface area contributed by atoms with Crippen molar-refractivity contribution in [3.05, 3.63) is 12.2 Å². The van der Waals surface area contributed by atoms with Crippen molar-refractivity contribution >= 4 is 5.91 Å². The highest BCUT2D eigenvalue weighted by Crippen LogP contribution is 2.31. The maximum Gasteiger partial charge on any atom is 0.241 e. The fourth-order valence-electron chi connectivity index (χ4n) is 1.36. The molecule has 0 bridgehead atoms. The van der Waals surface area contributed by atoms with Gasteiger partial charge in [0, 0.05) is 0 Å². The summed E-state index contributed by atoms with van der Waals surface area (Å²) in [7, 11) is 0. The van der Waals surface area contributed by atoms with Crippen LogP contribution in [0, 0.1) is 5.41 Å². The van der Waals surface area contributed by atoms with E-state index in [9.17, 15) is 4.79 Å². The van der Waals surface area contributed by atoms with Crippen LogP contribution < -0.4 is 5.73 Å². The van der Waals surface area contributed by atoms with Crippen molar-refractivity contribution in [3.8, 4) is 0 Å². The van der Waals surface area contributed by atoms with E-state index in [-0.39, 0.29) is 11.3 Å². The third-order valence-electron chi connectivity index (χ3n) is 2.71. The number of nitrogens with two attached hydrogens (primary N) is 1. The Balaban J connectivity index is 4.39. The van der Waals surface area contributed by atoms with Gasteiger partial charge in [-0.05, 0) is 30.8 Å². The second-order valence-electron chi connectivity index (χ2n) is 3.16. The number of amides is 1. The molecule has 70 valence electrons. The summed E-state index contributed by atoms with van der Waals surface area (Å²) in [6.45, 7) is 6.41. The zero-order valence-corrected chi connectivity index (χ0v) is 8.26. The van der Waals surface area contributed by atoms with Gasteiger partial charge < -0.3 is 5.73 Å². The first-order valence-electron chi connectivity index (χ1n) is 4.59. The lowest BCUT2D eigenvalue weighted by atomic mass is 9.79. The molecule has 0 rings (SSSR count). The average molecular weight is 169 g/mol. The molecule has 2 N–H and O–H groups in total. The minimum atomic E-state index is -0.352. The molecule has 2 heteroatoms. The molecule has 0 fully saturated rings. The summed E-state index contributed by atoms with van der Waals surface area (Å²) in [6, 6.07) is 0. The predicted octanol–water partition coefficient (Wildman–Crippen LogP) is 2.24. The molecule has 0 aliphatic carbocycles. The Bertz CT molecular complexity index is 160. The van der Waals surface area contributed by atoms with Crippen LogP contribution in [-0.4, -0.2) is 5.91 Å². The smallest absolute Gasteiger partial charge is 0.241 e. The maximum absolute atomic E-state index is 10.5. The van der Waals surface area contributed by atoms with Crippen LogP contribution in [0.4, 0.5) is 0 Å². The molecule has 0 aliphatic heterocycles. The Labute approximate surface area is 74.8 Å². The van der Waals surface area contributed by atoms with Crippen LogP contribution in [0.3, 0.4) is 0 Å². The van der Waals surface area contributed by atoms with Crippen molar-refractivity contribution in [1.29, 1.82) is 0 Å². The van der Waals surface area contributed by atoms with E-state index in [1.54, 1.807) is 0 Å². The molecule has 0 atom stereocenters. The Kier molecular flexibility index (Phi) is 4.64. The number of primary amides is 1. The second-order valence-corrected chi connectivity index (χ2v) is 3.16. The molecule has 0 aliphatic rings. The summed E-state index contributed by atoms with van der Waals surface area (Å²) in [4.78, 5) is 10.5. The van der Waals surface area contributed by atoms with Gasteiger partial charge in [0.1, 0.15) is 0 Å². The summed E-state index contributed by atoms with van der Waals surface area (Å²) in [6.07, 6.45) is 6.61. The van der Waals surface area contributed by atoms with Gasteiger partial charge in [-0.15, -0.1) is 0 Å². The molecular formula is C10H19NO. The molecular weight excluding hydrogens is 150 g/mol. The van der Waals surface area contributed by atoms with Crippen LogP contribution in [0.5, 0.6) is 0 Å². The monoisotopic (exact) mass is 169 g/mol. The lowest BCUT2D eigenvalue weighted by Crippen LogP contribution is -2.16. The average Bonchev–Trinajstić information content (AvgIpc) is 2.08. The lowest BCUT2D eigenvalue weighted by Gasteiger charge is -2.25.